The lowest BCUT2D eigenvalue weighted by molar-refractivity contribution is -0.148. The van der Waals surface area contributed by atoms with E-state index in [1.165, 1.54) is 18.2 Å². The van der Waals surface area contributed by atoms with Crippen LogP contribution in [0.5, 0.6) is 0 Å². The zero-order valence-electron chi connectivity index (χ0n) is 17.1. The number of aromatic carboxylic acids is 1. The van der Waals surface area contributed by atoms with Crippen LogP contribution in [0.1, 0.15) is 45.8 Å². The number of thiophene rings is 1. The number of likely N-dealkylation sites (tertiary alicyclic amines) is 1. The Bertz CT molecular complexity index is 944. The number of halogens is 2. The lowest BCUT2D eigenvalue weighted by atomic mass is 9.94. The molecule has 0 saturated carbocycles. The van der Waals surface area contributed by atoms with Crippen molar-refractivity contribution in [3.63, 3.8) is 0 Å². The molecule has 1 aliphatic rings. The van der Waals surface area contributed by atoms with Crippen molar-refractivity contribution in [2.75, 3.05) is 6.54 Å². The third-order valence-corrected chi connectivity index (χ3v) is 6.64. The number of alkyl halides is 2. The summed E-state index contributed by atoms with van der Waals surface area (Å²) in [5.41, 5.74) is 0.931. The SMILES string of the molecule is CC(c1ccccc1)C(O)C=CC1CC(F)(F)C(=O)N1CCCc1ccc(C(=O)O)s1. The molecule has 1 aromatic heterocycles. The monoisotopic (exact) mass is 449 g/mol. The number of benzene rings is 1. The number of carbonyl (C=O) groups excluding carboxylic acids is 1. The van der Waals surface area contributed by atoms with Gasteiger partial charge in [-0.3, -0.25) is 4.79 Å². The number of hydrogen-bond donors (Lipinski definition) is 2. The first-order valence-electron chi connectivity index (χ1n) is 10.1. The highest BCUT2D eigenvalue weighted by atomic mass is 32.1. The Labute approximate surface area is 183 Å². The number of hydrogen-bond acceptors (Lipinski definition) is 4. The predicted octanol–water partition coefficient (Wildman–Crippen LogP) is 4.34. The number of aryl methyl sites for hydroxylation is 1. The molecule has 0 spiro atoms. The Morgan fingerprint density at radius 3 is 2.65 bits per heavy atom. The van der Waals surface area contributed by atoms with Crippen molar-refractivity contribution < 1.29 is 28.6 Å². The summed E-state index contributed by atoms with van der Waals surface area (Å²) in [5.74, 6) is -5.85. The van der Waals surface area contributed by atoms with Gasteiger partial charge in [0.05, 0.1) is 12.1 Å². The maximum atomic E-state index is 14.1. The van der Waals surface area contributed by atoms with Crippen LogP contribution in [0.25, 0.3) is 0 Å². The minimum Gasteiger partial charge on any atom is -0.477 e. The smallest absolute Gasteiger partial charge is 0.345 e. The number of carbonyl (C=O) groups is 2. The standard InChI is InChI=1S/C23H25F2NO4S/c1-15(16-6-3-2-4-7-16)19(27)11-9-17-14-23(24,25)22(30)26(17)13-5-8-18-10-12-20(31-18)21(28)29/h2-4,6-7,9-12,15,17,19,27H,5,8,13-14H2,1H3,(H,28,29). The summed E-state index contributed by atoms with van der Waals surface area (Å²) in [6.07, 6.45) is 2.44. The lowest BCUT2D eigenvalue weighted by Crippen LogP contribution is -2.36. The van der Waals surface area contributed by atoms with Crippen LogP contribution in [0.2, 0.25) is 0 Å². The number of carboxylic acids is 1. The van der Waals surface area contributed by atoms with Crippen molar-refractivity contribution >= 4 is 23.2 Å². The number of aliphatic hydroxyl groups excluding tert-OH is 1. The average molecular weight is 450 g/mol. The van der Waals surface area contributed by atoms with Crippen LogP contribution in [-0.4, -0.2) is 51.6 Å². The Morgan fingerprint density at radius 2 is 2.00 bits per heavy atom. The molecule has 0 aliphatic carbocycles. The molecule has 3 rings (SSSR count). The van der Waals surface area contributed by atoms with E-state index in [1.807, 2.05) is 37.3 Å². The molecule has 1 fully saturated rings. The molecule has 3 unspecified atom stereocenters. The Morgan fingerprint density at radius 1 is 1.29 bits per heavy atom. The van der Waals surface area contributed by atoms with Gasteiger partial charge in [-0.25, -0.2) is 4.79 Å². The van der Waals surface area contributed by atoms with Gasteiger partial charge in [-0.05, 0) is 30.5 Å². The topological polar surface area (TPSA) is 77.8 Å². The van der Waals surface area contributed by atoms with Gasteiger partial charge in [-0.1, -0.05) is 49.4 Å². The Kier molecular flexibility index (Phi) is 7.23. The number of nitrogens with zero attached hydrogens (tertiary/aromatic N) is 1. The van der Waals surface area contributed by atoms with Gasteiger partial charge in [0.2, 0.25) is 0 Å². The van der Waals surface area contributed by atoms with E-state index < -0.39 is 36.4 Å². The third-order valence-electron chi connectivity index (χ3n) is 5.50. The molecule has 5 nitrogen and oxygen atoms in total. The van der Waals surface area contributed by atoms with Gasteiger partial charge < -0.3 is 15.1 Å². The highest BCUT2D eigenvalue weighted by Crippen LogP contribution is 2.34. The van der Waals surface area contributed by atoms with E-state index in [1.54, 1.807) is 6.07 Å². The van der Waals surface area contributed by atoms with Gasteiger partial charge in [-0.2, -0.15) is 8.78 Å². The molecule has 8 heteroatoms. The van der Waals surface area contributed by atoms with E-state index in [9.17, 15) is 23.5 Å². The molecule has 1 aromatic carbocycles. The second-order valence-corrected chi connectivity index (χ2v) is 8.89. The van der Waals surface area contributed by atoms with Crippen LogP contribution in [0.3, 0.4) is 0 Å². The van der Waals surface area contributed by atoms with E-state index >= 15 is 0 Å². The molecule has 3 atom stereocenters. The molecule has 2 N–H and O–H groups in total. The van der Waals surface area contributed by atoms with Crippen molar-refractivity contribution in [3.05, 3.63) is 69.9 Å². The Hall–Kier alpha value is -2.58. The van der Waals surface area contributed by atoms with Crippen LogP contribution in [0, 0.1) is 0 Å². The first-order valence-corrected chi connectivity index (χ1v) is 10.9. The van der Waals surface area contributed by atoms with Crippen LogP contribution in [0.4, 0.5) is 8.78 Å². The van der Waals surface area contributed by atoms with Crippen LogP contribution >= 0.6 is 11.3 Å². The Balaban J connectivity index is 1.62. The first-order chi connectivity index (χ1) is 14.7. The van der Waals surface area contributed by atoms with E-state index in [-0.39, 0.29) is 17.3 Å². The van der Waals surface area contributed by atoms with Crippen molar-refractivity contribution in [1.82, 2.24) is 4.90 Å². The van der Waals surface area contributed by atoms with E-state index in [0.29, 0.717) is 12.8 Å². The molecule has 166 valence electrons. The lowest BCUT2D eigenvalue weighted by Gasteiger charge is -2.22. The molecule has 1 aliphatic heterocycles. The van der Waals surface area contributed by atoms with Crippen molar-refractivity contribution in [1.29, 1.82) is 0 Å². The van der Waals surface area contributed by atoms with Crippen molar-refractivity contribution in [2.24, 2.45) is 0 Å². The van der Waals surface area contributed by atoms with E-state index in [2.05, 4.69) is 0 Å². The summed E-state index contributed by atoms with van der Waals surface area (Å²) in [7, 11) is 0. The second kappa shape index (κ2) is 9.70. The molecular weight excluding hydrogens is 424 g/mol. The van der Waals surface area contributed by atoms with Gasteiger partial charge in [0.1, 0.15) is 4.88 Å². The maximum absolute atomic E-state index is 14.1. The summed E-state index contributed by atoms with van der Waals surface area (Å²) in [4.78, 5) is 25.4. The second-order valence-electron chi connectivity index (χ2n) is 7.72. The number of carboxylic acid groups (broad SMARTS) is 1. The molecule has 31 heavy (non-hydrogen) atoms. The normalized spacial score (nSPS) is 20.3. The third kappa shape index (κ3) is 5.57. The minimum atomic E-state index is -3.43. The summed E-state index contributed by atoms with van der Waals surface area (Å²) in [6, 6.07) is 11.8. The van der Waals surface area contributed by atoms with E-state index in [4.69, 9.17) is 5.11 Å². The fraction of sp³-hybridized carbons (Fsp3) is 0.391. The molecule has 0 radical (unpaired) electrons. The number of amides is 1. The number of aliphatic hydroxyl groups is 1. The summed E-state index contributed by atoms with van der Waals surface area (Å²) >= 11 is 1.14. The van der Waals surface area contributed by atoms with Crippen LogP contribution in [0.15, 0.2) is 54.6 Å². The molecule has 1 amide bonds. The fourth-order valence-electron chi connectivity index (χ4n) is 3.67. The molecular formula is C23H25F2NO4S. The largest absolute Gasteiger partial charge is 0.477 e. The molecule has 1 saturated heterocycles. The summed E-state index contributed by atoms with van der Waals surface area (Å²) in [6.45, 7) is 1.98. The molecule has 2 heterocycles. The van der Waals surface area contributed by atoms with Gasteiger partial charge in [-0.15, -0.1) is 11.3 Å². The zero-order valence-corrected chi connectivity index (χ0v) is 17.9. The zero-order chi connectivity index (χ0) is 22.6. The minimum absolute atomic E-state index is 0.133. The summed E-state index contributed by atoms with van der Waals surface area (Å²) in [5, 5.41) is 19.4. The van der Waals surface area contributed by atoms with Gasteiger partial charge in [0.25, 0.3) is 5.91 Å². The van der Waals surface area contributed by atoms with Gasteiger partial charge in [0.15, 0.2) is 0 Å². The number of rotatable bonds is 9. The molecule has 2 aromatic rings. The average Bonchev–Trinajstić information content (AvgIpc) is 3.30. The highest BCUT2D eigenvalue weighted by molar-refractivity contribution is 7.13. The van der Waals surface area contributed by atoms with E-state index in [0.717, 1.165) is 26.7 Å². The highest BCUT2D eigenvalue weighted by Gasteiger charge is 2.52. The fourth-order valence-corrected chi connectivity index (χ4v) is 4.56. The summed E-state index contributed by atoms with van der Waals surface area (Å²) < 4.78 is 28.2. The van der Waals surface area contributed by atoms with Gasteiger partial charge >= 0.3 is 11.9 Å². The van der Waals surface area contributed by atoms with Gasteiger partial charge in [0, 0.05) is 23.8 Å². The van der Waals surface area contributed by atoms with Crippen LogP contribution in [-0.2, 0) is 11.2 Å². The predicted molar refractivity (Wildman–Crippen MR) is 115 cm³/mol. The first kappa shape index (κ1) is 23.1. The maximum Gasteiger partial charge on any atom is 0.345 e. The molecule has 0 bridgehead atoms. The quantitative estimate of drug-likeness (QED) is 0.559. The van der Waals surface area contributed by atoms with Crippen molar-refractivity contribution in [3.8, 4) is 0 Å². The van der Waals surface area contributed by atoms with Crippen LogP contribution < -0.4 is 0 Å². The van der Waals surface area contributed by atoms with Crippen molar-refractivity contribution in [2.45, 2.75) is 50.2 Å².